The minimum absolute atomic E-state index is 0.737. The van der Waals surface area contributed by atoms with E-state index >= 15 is 0 Å². The maximum absolute atomic E-state index is 2.55. The first-order valence-corrected chi connectivity index (χ1v) is 7.58. The van der Waals surface area contributed by atoms with Gasteiger partial charge in [-0.25, -0.2) is 0 Å². The van der Waals surface area contributed by atoms with E-state index in [1.165, 1.54) is 38.5 Å². The Morgan fingerprint density at radius 1 is 1.31 bits per heavy atom. The van der Waals surface area contributed by atoms with Gasteiger partial charge in [0.15, 0.2) is 0 Å². The smallest absolute Gasteiger partial charge is 0.0271 e. The van der Waals surface area contributed by atoms with E-state index in [9.17, 15) is 0 Å². The summed E-state index contributed by atoms with van der Waals surface area (Å²) in [6, 6.07) is 0. The summed E-state index contributed by atoms with van der Waals surface area (Å²) in [5.74, 6) is 4.12. The Morgan fingerprint density at radius 2 is 2.06 bits per heavy atom. The van der Waals surface area contributed by atoms with Gasteiger partial charge in [-0.3, -0.25) is 0 Å². The monoisotopic (exact) mass is 222 g/mol. The van der Waals surface area contributed by atoms with E-state index in [2.05, 4.69) is 27.7 Å². The Balaban J connectivity index is 1.84. The van der Waals surface area contributed by atoms with Gasteiger partial charge in [0.2, 0.25) is 0 Å². The highest BCUT2D eigenvalue weighted by molar-refractivity contribution is 5.01. The largest absolute Gasteiger partial charge is 0.0654 e. The van der Waals surface area contributed by atoms with Gasteiger partial charge < -0.3 is 0 Å². The van der Waals surface area contributed by atoms with Crippen molar-refractivity contribution in [3.05, 3.63) is 0 Å². The molecule has 0 nitrogen and oxygen atoms in total. The van der Waals surface area contributed by atoms with E-state index in [0.717, 1.165) is 29.1 Å². The molecule has 5 unspecified atom stereocenters. The normalized spacial score (nSPS) is 44.6. The highest BCUT2D eigenvalue weighted by atomic mass is 14.6. The third-order valence-electron chi connectivity index (χ3n) is 6.16. The molecule has 2 aliphatic carbocycles. The number of unbranched alkanes of at least 4 members (excludes halogenated alkanes) is 1. The first kappa shape index (κ1) is 12.5. The van der Waals surface area contributed by atoms with Crippen LogP contribution < -0.4 is 0 Å². The summed E-state index contributed by atoms with van der Waals surface area (Å²) in [5.41, 5.74) is 0.737. The summed E-state index contributed by atoms with van der Waals surface area (Å²) >= 11 is 0. The highest BCUT2D eigenvalue weighted by Crippen LogP contribution is 2.60. The molecule has 0 aromatic heterocycles. The average Bonchev–Trinajstić information content (AvgIpc) is 2.28. The average molecular weight is 222 g/mol. The van der Waals surface area contributed by atoms with Crippen LogP contribution in [0.25, 0.3) is 0 Å². The van der Waals surface area contributed by atoms with Crippen LogP contribution in [-0.4, -0.2) is 0 Å². The van der Waals surface area contributed by atoms with Crippen molar-refractivity contribution in [3.63, 3.8) is 0 Å². The number of hydrogen-bond acceptors (Lipinski definition) is 0. The molecule has 2 saturated carbocycles. The van der Waals surface area contributed by atoms with Gasteiger partial charge in [-0.1, -0.05) is 47.0 Å². The maximum atomic E-state index is 2.55. The van der Waals surface area contributed by atoms with Crippen LogP contribution in [0.3, 0.4) is 0 Å². The zero-order valence-electron chi connectivity index (χ0n) is 11.8. The molecule has 0 heteroatoms. The molecule has 0 N–H and O–H groups in total. The van der Waals surface area contributed by atoms with E-state index in [0.29, 0.717) is 0 Å². The fraction of sp³-hybridized carbons (Fsp3) is 1.00. The summed E-state index contributed by atoms with van der Waals surface area (Å²) < 4.78 is 0. The lowest BCUT2D eigenvalue weighted by atomic mass is 9.47. The van der Waals surface area contributed by atoms with Crippen molar-refractivity contribution in [2.45, 2.75) is 72.6 Å². The molecule has 0 radical (unpaired) electrons. The molecule has 0 saturated heterocycles. The molecule has 0 aromatic rings. The van der Waals surface area contributed by atoms with Crippen molar-refractivity contribution < 1.29 is 0 Å². The highest BCUT2D eigenvalue weighted by Gasteiger charge is 2.51. The van der Waals surface area contributed by atoms with Crippen molar-refractivity contribution in [3.8, 4) is 0 Å². The van der Waals surface area contributed by atoms with E-state index in [-0.39, 0.29) is 0 Å². The molecular formula is C16H30. The molecule has 5 atom stereocenters. The van der Waals surface area contributed by atoms with Crippen LogP contribution in [0.2, 0.25) is 0 Å². The van der Waals surface area contributed by atoms with Crippen LogP contribution in [0.5, 0.6) is 0 Å². The Labute approximate surface area is 102 Å². The second-order valence-corrected chi connectivity index (χ2v) is 6.99. The van der Waals surface area contributed by atoms with Crippen molar-refractivity contribution >= 4 is 0 Å². The molecule has 0 aromatic carbocycles. The number of hydrogen-bond donors (Lipinski definition) is 0. The topological polar surface area (TPSA) is 0 Å². The standard InChI is InChI=1S/C16H30/c1-5-6-7-12(2)14-8-9-16(4)13(3)10-15(16)11-14/h12-15H,5-11H2,1-4H3. The number of fused-ring (bicyclic) bond motifs is 1. The first-order valence-electron chi connectivity index (χ1n) is 7.58. The quantitative estimate of drug-likeness (QED) is 0.607. The van der Waals surface area contributed by atoms with Crippen molar-refractivity contribution in [1.29, 1.82) is 0 Å². The molecule has 0 heterocycles. The fourth-order valence-electron chi connectivity index (χ4n) is 4.28. The fourth-order valence-corrected chi connectivity index (χ4v) is 4.28. The molecular weight excluding hydrogens is 192 g/mol. The lowest BCUT2D eigenvalue weighted by Gasteiger charge is -2.58. The predicted octanol–water partition coefficient (Wildman–Crippen LogP) is 5.28. The van der Waals surface area contributed by atoms with Gasteiger partial charge in [0.1, 0.15) is 0 Å². The van der Waals surface area contributed by atoms with Gasteiger partial charge in [0.25, 0.3) is 0 Å². The van der Waals surface area contributed by atoms with Crippen LogP contribution >= 0.6 is 0 Å². The summed E-state index contributed by atoms with van der Waals surface area (Å²) in [5, 5.41) is 0. The third-order valence-corrected chi connectivity index (χ3v) is 6.16. The number of rotatable bonds is 4. The summed E-state index contributed by atoms with van der Waals surface area (Å²) in [4.78, 5) is 0. The van der Waals surface area contributed by atoms with Crippen molar-refractivity contribution in [1.82, 2.24) is 0 Å². The van der Waals surface area contributed by atoms with Gasteiger partial charge in [-0.15, -0.1) is 0 Å². The van der Waals surface area contributed by atoms with Gasteiger partial charge in [0.05, 0.1) is 0 Å². The van der Waals surface area contributed by atoms with Gasteiger partial charge in [0, 0.05) is 0 Å². The van der Waals surface area contributed by atoms with Crippen LogP contribution in [0.1, 0.15) is 72.6 Å². The van der Waals surface area contributed by atoms with Crippen molar-refractivity contribution in [2.75, 3.05) is 0 Å². The second kappa shape index (κ2) is 4.70. The zero-order valence-corrected chi connectivity index (χ0v) is 11.8. The van der Waals surface area contributed by atoms with E-state index in [1.807, 2.05) is 0 Å². The lowest BCUT2D eigenvalue weighted by molar-refractivity contribution is -0.0858. The van der Waals surface area contributed by atoms with E-state index in [1.54, 1.807) is 6.42 Å². The van der Waals surface area contributed by atoms with Crippen LogP contribution in [-0.2, 0) is 0 Å². The summed E-state index contributed by atoms with van der Waals surface area (Å²) in [6.45, 7) is 9.85. The molecule has 0 spiro atoms. The minimum atomic E-state index is 0.737. The second-order valence-electron chi connectivity index (χ2n) is 6.99. The molecule has 2 rings (SSSR count). The summed E-state index contributed by atoms with van der Waals surface area (Å²) in [6.07, 6.45) is 10.4. The van der Waals surface area contributed by atoms with Gasteiger partial charge in [-0.05, 0) is 54.8 Å². The first-order chi connectivity index (χ1) is 7.58. The molecule has 0 aliphatic heterocycles. The Kier molecular flexibility index (Phi) is 3.66. The molecule has 94 valence electrons. The Bertz CT molecular complexity index is 232. The van der Waals surface area contributed by atoms with E-state index in [4.69, 9.17) is 0 Å². The molecule has 2 aliphatic rings. The molecule has 16 heavy (non-hydrogen) atoms. The minimum Gasteiger partial charge on any atom is -0.0654 e. The third kappa shape index (κ3) is 2.05. The Morgan fingerprint density at radius 3 is 2.62 bits per heavy atom. The van der Waals surface area contributed by atoms with Crippen LogP contribution in [0, 0.1) is 29.1 Å². The Hall–Kier alpha value is 0. The zero-order chi connectivity index (χ0) is 11.8. The van der Waals surface area contributed by atoms with E-state index < -0.39 is 0 Å². The van der Waals surface area contributed by atoms with Gasteiger partial charge >= 0.3 is 0 Å². The lowest BCUT2D eigenvalue weighted by Crippen LogP contribution is -2.49. The SMILES string of the molecule is CCCCC(C)C1CCC2(C)C(C)CC2C1. The predicted molar refractivity (Wildman–Crippen MR) is 71.4 cm³/mol. The van der Waals surface area contributed by atoms with Crippen LogP contribution in [0.4, 0.5) is 0 Å². The molecule has 2 fully saturated rings. The van der Waals surface area contributed by atoms with Crippen molar-refractivity contribution in [2.24, 2.45) is 29.1 Å². The summed E-state index contributed by atoms with van der Waals surface area (Å²) in [7, 11) is 0. The molecule has 0 amide bonds. The van der Waals surface area contributed by atoms with Crippen LogP contribution in [0.15, 0.2) is 0 Å². The van der Waals surface area contributed by atoms with Gasteiger partial charge in [-0.2, -0.15) is 0 Å². The maximum Gasteiger partial charge on any atom is -0.0271 e. The molecule has 0 bridgehead atoms.